The fraction of sp³-hybridized carbons (Fsp3) is 0.100. The Bertz CT molecular complexity index is 465. The number of rotatable bonds is 2. The third kappa shape index (κ3) is 2.73. The van der Waals surface area contributed by atoms with Crippen LogP contribution in [0.2, 0.25) is 5.02 Å². The minimum atomic E-state index is 0.697. The molecule has 0 amide bonds. The average Bonchev–Trinajstić information content (AvgIpc) is 2.50. The van der Waals surface area contributed by atoms with E-state index in [-0.39, 0.29) is 0 Å². The highest BCUT2D eigenvalue weighted by atomic mass is 127. The fourth-order valence-electron chi connectivity index (χ4n) is 1.26. The second kappa shape index (κ2) is 4.84. The van der Waals surface area contributed by atoms with Crippen molar-refractivity contribution in [3.63, 3.8) is 0 Å². The second-order valence-electron chi connectivity index (χ2n) is 3.06. The van der Waals surface area contributed by atoms with Gasteiger partial charge < -0.3 is 0 Å². The normalized spacial score (nSPS) is 10.6. The summed E-state index contributed by atoms with van der Waals surface area (Å²) in [6.07, 6.45) is 1.84. The van der Waals surface area contributed by atoms with Gasteiger partial charge in [-0.2, -0.15) is 5.10 Å². The number of halogens is 3. The van der Waals surface area contributed by atoms with Crippen molar-refractivity contribution >= 4 is 50.1 Å². The molecule has 1 heterocycles. The van der Waals surface area contributed by atoms with Crippen LogP contribution in [0.3, 0.4) is 0 Å². The summed E-state index contributed by atoms with van der Waals surface area (Å²) in [5.41, 5.74) is 1.19. The summed E-state index contributed by atoms with van der Waals surface area (Å²) in [6, 6.07) is 8.08. The zero-order valence-corrected chi connectivity index (χ0v) is 12.1. The van der Waals surface area contributed by atoms with Crippen molar-refractivity contribution < 1.29 is 0 Å². The van der Waals surface area contributed by atoms with Crippen LogP contribution in [0.5, 0.6) is 0 Å². The maximum Gasteiger partial charge on any atom is 0.141 e. The van der Waals surface area contributed by atoms with E-state index in [1.807, 2.05) is 29.1 Å². The minimum absolute atomic E-state index is 0.697. The topological polar surface area (TPSA) is 17.8 Å². The molecule has 0 atom stereocenters. The molecule has 0 fully saturated rings. The van der Waals surface area contributed by atoms with Crippen LogP contribution in [0.4, 0.5) is 0 Å². The van der Waals surface area contributed by atoms with Crippen LogP contribution in [0, 0.1) is 3.70 Å². The first kappa shape index (κ1) is 11.4. The van der Waals surface area contributed by atoms with Gasteiger partial charge in [-0.3, -0.25) is 4.68 Å². The van der Waals surface area contributed by atoms with Crippen molar-refractivity contribution in [2.24, 2.45) is 0 Å². The lowest BCUT2D eigenvalue weighted by Gasteiger charge is -2.03. The Morgan fingerprint density at radius 3 is 2.73 bits per heavy atom. The largest absolute Gasteiger partial charge is 0.266 e. The molecule has 0 unspecified atom stereocenters. The predicted octanol–water partition coefficient (Wildman–Crippen LogP) is 3.95. The molecule has 0 saturated carbocycles. The molecule has 0 N–H and O–H groups in total. The van der Waals surface area contributed by atoms with Gasteiger partial charge in [0.2, 0.25) is 0 Å². The highest BCUT2D eigenvalue weighted by Crippen LogP contribution is 2.19. The minimum Gasteiger partial charge on any atom is -0.266 e. The highest BCUT2D eigenvalue weighted by Gasteiger charge is 2.05. The SMILES string of the molecule is Clc1cn(Cc2ccccc2Br)nc1I. The molecule has 1 aromatic carbocycles. The van der Waals surface area contributed by atoms with Crippen molar-refractivity contribution in [3.8, 4) is 0 Å². The van der Waals surface area contributed by atoms with Crippen LogP contribution in [0.25, 0.3) is 0 Å². The Kier molecular flexibility index (Phi) is 3.69. The summed E-state index contributed by atoms with van der Waals surface area (Å²) in [5.74, 6) is 0. The quantitative estimate of drug-likeness (QED) is 0.702. The van der Waals surface area contributed by atoms with Gasteiger partial charge in [-0.05, 0) is 34.2 Å². The van der Waals surface area contributed by atoms with Crippen molar-refractivity contribution in [2.75, 3.05) is 0 Å². The molecule has 0 aliphatic carbocycles. The summed E-state index contributed by atoms with van der Waals surface area (Å²) >= 11 is 11.6. The number of hydrogen-bond donors (Lipinski definition) is 0. The van der Waals surface area contributed by atoms with Gasteiger partial charge in [-0.15, -0.1) is 0 Å². The third-order valence-electron chi connectivity index (χ3n) is 1.97. The lowest BCUT2D eigenvalue weighted by molar-refractivity contribution is 0.679. The summed E-state index contributed by atoms with van der Waals surface area (Å²) in [4.78, 5) is 0. The molecule has 78 valence electrons. The predicted molar refractivity (Wildman–Crippen MR) is 73.2 cm³/mol. The van der Waals surface area contributed by atoms with Crippen molar-refractivity contribution in [1.82, 2.24) is 9.78 Å². The van der Waals surface area contributed by atoms with E-state index in [1.54, 1.807) is 0 Å². The molecule has 0 aliphatic rings. The molecule has 5 heteroatoms. The van der Waals surface area contributed by atoms with Gasteiger partial charge in [0.05, 0.1) is 11.6 Å². The van der Waals surface area contributed by atoms with E-state index >= 15 is 0 Å². The van der Waals surface area contributed by atoms with E-state index in [0.29, 0.717) is 5.02 Å². The van der Waals surface area contributed by atoms with E-state index < -0.39 is 0 Å². The highest BCUT2D eigenvalue weighted by molar-refractivity contribution is 14.1. The van der Waals surface area contributed by atoms with E-state index in [4.69, 9.17) is 11.6 Å². The fourth-order valence-corrected chi connectivity index (χ4v) is 2.23. The van der Waals surface area contributed by atoms with E-state index in [0.717, 1.165) is 14.7 Å². The van der Waals surface area contributed by atoms with Gasteiger partial charge in [0.25, 0.3) is 0 Å². The van der Waals surface area contributed by atoms with E-state index in [1.165, 1.54) is 5.56 Å². The maximum atomic E-state index is 5.93. The Labute approximate surface area is 115 Å². The van der Waals surface area contributed by atoms with Gasteiger partial charge in [-0.1, -0.05) is 45.7 Å². The summed E-state index contributed by atoms with van der Waals surface area (Å²) in [7, 11) is 0. The second-order valence-corrected chi connectivity index (χ2v) is 5.34. The van der Waals surface area contributed by atoms with Crippen molar-refractivity contribution in [1.29, 1.82) is 0 Å². The molecule has 0 radical (unpaired) electrons. The number of benzene rings is 1. The molecule has 15 heavy (non-hydrogen) atoms. The maximum absolute atomic E-state index is 5.93. The van der Waals surface area contributed by atoms with Gasteiger partial charge in [0.15, 0.2) is 0 Å². The molecule has 2 rings (SSSR count). The van der Waals surface area contributed by atoms with Crippen LogP contribution in [-0.4, -0.2) is 9.78 Å². The van der Waals surface area contributed by atoms with Crippen LogP contribution in [0.1, 0.15) is 5.56 Å². The van der Waals surface area contributed by atoms with Gasteiger partial charge in [0.1, 0.15) is 3.70 Å². The Balaban J connectivity index is 2.26. The van der Waals surface area contributed by atoms with Crippen LogP contribution < -0.4 is 0 Å². The molecular weight excluding hydrogens is 390 g/mol. The average molecular weight is 397 g/mol. The molecule has 0 aliphatic heterocycles. The zero-order chi connectivity index (χ0) is 10.8. The molecule has 0 bridgehead atoms. The summed E-state index contributed by atoms with van der Waals surface area (Å²) in [6.45, 7) is 0.726. The first-order valence-corrected chi connectivity index (χ1v) is 6.53. The molecular formula is C10H7BrClIN2. The van der Waals surface area contributed by atoms with Gasteiger partial charge in [0, 0.05) is 10.7 Å². The Morgan fingerprint density at radius 1 is 1.40 bits per heavy atom. The summed E-state index contributed by atoms with van der Waals surface area (Å²) < 4.78 is 3.76. The smallest absolute Gasteiger partial charge is 0.141 e. The lowest BCUT2D eigenvalue weighted by atomic mass is 10.2. The van der Waals surface area contributed by atoms with Gasteiger partial charge in [-0.25, -0.2) is 0 Å². The van der Waals surface area contributed by atoms with E-state index in [2.05, 4.69) is 49.7 Å². The first-order chi connectivity index (χ1) is 7.16. The first-order valence-electron chi connectivity index (χ1n) is 4.28. The number of hydrogen-bond acceptors (Lipinski definition) is 1. The van der Waals surface area contributed by atoms with Crippen LogP contribution >= 0.6 is 50.1 Å². The Morgan fingerprint density at radius 2 is 2.13 bits per heavy atom. The summed E-state index contributed by atoms with van der Waals surface area (Å²) in [5, 5.41) is 4.99. The van der Waals surface area contributed by atoms with Crippen LogP contribution in [-0.2, 0) is 6.54 Å². The lowest BCUT2D eigenvalue weighted by Crippen LogP contribution is -2.00. The zero-order valence-electron chi connectivity index (χ0n) is 7.62. The third-order valence-corrected chi connectivity index (χ3v) is 4.13. The number of aromatic nitrogens is 2. The molecule has 2 nitrogen and oxygen atoms in total. The van der Waals surface area contributed by atoms with Crippen LogP contribution in [0.15, 0.2) is 34.9 Å². The molecule has 0 spiro atoms. The molecule has 2 aromatic rings. The Hall–Kier alpha value is -0.0700. The van der Waals surface area contributed by atoms with Gasteiger partial charge >= 0.3 is 0 Å². The van der Waals surface area contributed by atoms with Crippen molar-refractivity contribution in [3.05, 3.63) is 49.2 Å². The van der Waals surface area contributed by atoms with Crippen molar-refractivity contribution in [2.45, 2.75) is 6.54 Å². The monoisotopic (exact) mass is 396 g/mol. The molecule has 1 aromatic heterocycles. The molecule has 0 saturated heterocycles. The van der Waals surface area contributed by atoms with E-state index in [9.17, 15) is 0 Å². The number of nitrogens with zero attached hydrogens (tertiary/aromatic N) is 2. The standard InChI is InChI=1S/C10H7BrClIN2/c11-8-4-2-1-3-7(8)5-15-6-9(12)10(13)14-15/h1-4,6H,5H2.